The number of aromatic amines is 1. The predicted octanol–water partition coefficient (Wildman–Crippen LogP) is 6.04. The Bertz CT molecular complexity index is 1230. The van der Waals surface area contributed by atoms with Crippen molar-refractivity contribution in [3.8, 4) is 0 Å². The van der Waals surface area contributed by atoms with Gasteiger partial charge in [0.05, 0.1) is 16.7 Å². The molecule has 2 heteroatoms. The highest BCUT2D eigenvalue weighted by molar-refractivity contribution is 6.18. The molecule has 0 amide bonds. The zero-order valence-corrected chi connectivity index (χ0v) is 13.6. The molecule has 1 N–H and O–H groups in total. The zero-order chi connectivity index (χ0) is 16.6. The Morgan fingerprint density at radius 1 is 0.680 bits per heavy atom. The van der Waals surface area contributed by atoms with Crippen LogP contribution in [0.3, 0.4) is 0 Å². The average molecular weight is 320 g/mol. The van der Waals surface area contributed by atoms with Crippen LogP contribution in [0.4, 0.5) is 0 Å². The normalized spacial score (nSPS) is 11.8. The lowest BCUT2D eigenvalue weighted by Gasteiger charge is -2.03. The molecule has 0 unspecified atom stereocenters. The number of benzene rings is 3. The van der Waals surface area contributed by atoms with E-state index in [-0.39, 0.29) is 0 Å². The summed E-state index contributed by atoms with van der Waals surface area (Å²) in [5.41, 5.74) is 5.47. The van der Waals surface area contributed by atoms with Gasteiger partial charge in [-0.15, -0.1) is 0 Å². The van der Waals surface area contributed by atoms with Crippen LogP contribution in [0.1, 0.15) is 11.3 Å². The van der Waals surface area contributed by atoms with Crippen LogP contribution in [0.25, 0.3) is 44.9 Å². The smallest absolute Gasteiger partial charge is 0.0737 e. The number of hydrogen-bond acceptors (Lipinski definition) is 1. The molecule has 0 bridgehead atoms. The molecule has 118 valence electrons. The van der Waals surface area contributed by atoms with E-state index in [1.807, 2.05) is 12.1 Å². The van der Waals surface area contributed by atoms with Gasteiger partial charge in [0, 0.05) is 21.7 Å². The van der Waals surface area contributed by atoms with E-state index in [9.17, 15) is 0 Å². The Hall–Kier alpha value is -3.39. The Morgan fingerprint density at radius 3 is 2.28 bits per heavy atom. The van der Waals surface area contributed by atoms with Crippen LogP contribution in [0.5, 0.6) is 0 Å². The largest absolute Gasteiger partial charge is 0.354 e. The van der Waals surface area contributed by atoms with Crippen molar-refractivity contribution in [2.24, 2.45) is 0 Å². The van der Waals surface area contributed by atoms with Gasteiger partial charge in [-0.3, -0.25) is 0 Å². The van der Waals surface area contributed by atoms with Gasteiger partial charge in [0.2, 0.25) is 0 Å². The lowest BCUT2D eigenvalue weighted by molar-refractivity contribution is 1.41. The maximum Gasteiger partial charge on any atom is 0.0737 e. The highest BCUT2D eigenvalue weighted by Gasteiger charge is 2.12. The Balaban J connectivity index is 1.85. The fourth-order valence-corrected chi connectivity index (χ4v) is 3.44. The molecule has 5 rings (SSSR count). The summed E-state index contributed by atoms with van der Waals surface area (Å²) in [6.45, 7) is 0. The van der Waals surface area contributed by atoms with Crippen LogP contribution in [0.15, 0.2) is 78.9 Å². The third-order valence-electron chi connectivity index (χ3n) is 4.61. The first-order valence-electron chi connectivity index (χ1n) is 8.42. The summed E-state index contributed by atoms with van der Waals surface area (Å²) >= 11 is 0. The molecule has 2 heterocycles. The number of para-hydroxylation sites is 2. The van der Waals surface area contributed by atoms with Crippen molar-refractivity contribution in [3.05, 3.63) is 90.1 Å². The second kappa shape index (κ2) is 5.60. The number of fused-ring (bicyclic) bond motifs is 5. The summed E-state index contributed by atoms with van der Waals surface area (Å²) < 4.78 is 0. The molecule has 2 aromatic heterocycles. The molecular weight excluding hydrogens is 304 g/mol. The van der Waals surface area contributed by atoms with Gasteiger partial charge in [-0.05, 0) is 23.8 Å². The highest BCUT2D eigenvalue weighted by Crippen LogP contribution is 2.33. The highest BCUT2D eigenvalue weighted by atomic mass is 14.8. The van der Waals surface area contributed by atoms with Crippen molar-refractivity contribution in [2.45, 2.75) is 0 Å². The summed E-state index contributed by atoms with van der Waals surface area (Å²) in [7, 11) is 0. The fourth-order valence-electron chi connectivity index (χ4n) is 3.44. The van der Waals surface area contributed by atoms with Gasteiger partial charge < -0.3 is 4.98 Å². The second-order valence-corrected chi connectivity index (χ2v) is 6.18. The molecule has 2 nitrogen and oxygen atoms in total. The molecule has 0 saturated carbocycles. The van der Waals surface area contributed by atoms with Gasteiger partial charge in [-0.25, -0.2) is 4.98 Å². The quantitative estimate of drug-likeness (QED) is 0.422. The number of hydrogen-bond donors (Lipinski definition) is 1. The number of nitrogens with one attached hydrogen (secondary N) is 1. The van der Waals surface area contributed by atoms with E-state index in [1.54, 1.807) is 0 Å². The summed E-state index contributed by atoms with van der Waals surface area (Å²) in [5.74, 6) is 0. The zero-order valence-electron chi connectivity index (χ0n) is 13.6. The predicted molar refractivity (Wildman–Crippen MR) is 106 cm³/mol. The van der Waals surface area contributed by atoms with Crippen molar-refractivity contribution in [3.63, 3.8) is 0 Å². The van der Waals surface area contributed by atoms with Crippen molar-refractivity contribution in [1.82, 2.24) is 9.97 Å². The first kappa shape index (κ1) is 14.0. The Morgan fingerprint density at radius 2 is 1.40 bits per heavy atom. The van der Waals surface area contributed by atoms with Crippen LogP contribution >= 0.6 is 0 Å². The number of H-pyrrole nitrogens is 1. The molecule has 0 aliphatic rings. The molecule has 3 aromatic carbocycles. The fraction of sp³-hybridized carbons (Fsp3) is 0. The standard InChI is InChI=1S/C23H16N2/c1-2-8-16(9-3-1)14-15-21-22-17-10-4-6-12-19(17)25-23(22)18-11-5-7-13-20(18)24-21/h1-15,25H/b15-14+. The summed E-state index contributed by atoms with van der Waals surface area (Å²) in [6.07, 6.45) is 4.24. The van der Waals surface area contributed by atoms with E-state index in [4.69, 9.17) is 4.98 Å². The first-order chi connectivity index (χ1) is 12.4. The van der Waals surface area contributed by atoms with Crippen LogP contribution in [0.2, 0.25) is 0 Å². The van der Waals surface area contributed by atoms with Crippen LogP contribution in [-0.2, 0) is 0 Å². The minimum atomic E-state index is 0.995. The number of rotatable bonds is 2. The van der Waals surface area contributed by atoms with E-state index in [1.165, 1.54) is 16.3 Å². The van der Waals surface area contributed by atoms with E-state index in [2.05, 4.69) is 83.9 Å². The van der Waals surface area contributed by atoms with Gasteiger partial charge in [-0.2, -0.15) is 0 Å². The summed E-state index contributed by atoms with van der Waals surface area (Å²) in [6, 6.07) is 27.1. The Labute approximate surface area is 145 Å². The van der Waals surface area contributed by atoms with Gasteiger partial charge in [0.1, 0.15) is 0 Å². The SMILES string of the molecule is C(=C\c1nc2ccccc2c2[nH]c3ccccc3c12)/c1ccccc1. The number of pyridine rings is 1. The summed E-state index contributed by atoms with van der Waals surface area (Å²) in [4.78, 5) is 8.52. The van der Waals surface area contributed by atoms with E-state index in [0.717, 1.165) is 27.6 Å². The first-order valence-corrected chi connectivity index (χ1v) is 8.42. The van der Waals surface area contributed by atoms with E-state index < -0.39 is 0 Å². The van der Waals surface area contributed by atoms with Crippen LogP contribution < -0.4 is 0 Å². The van der Waals surface area contributed by atoms with Gasteiger partial charge in [0.25, 0.3) is 0 Å². The second-order valence-electron chi connectivity index (χ2n) is 6.18. The van der Waals surface area contributed by atoms with Crippen LogP contribution in [0, 0.1) is 0 Å². The molecule has 0 aliphatic heterocycles. The lowest BCUT2D eigenvalue weighted by atomic mass is 10.1. The minimum absolute atomic E-state index is 0.995. The molecule has 0 aliphatic carbocycles. The summed E-state index contributed by atoms with van der Waals surface area (Å²) in [5, 5.41) is 3.55. The van der Waals surface area contributed by atoms with Gasteiger partial charge in [-0.1, -0.05) is 72.8 Å². The van der Waals surface area contributed by atoms with Gasteiger partial charge in [0.15, 0.2) is 0 Å². The molecule has 25 heavy (non-hydrogen) atoms. The molecular formula is C23H16N2. The van der Waals surface area contributed by atoms with E-state index in [0.29, 0.717) is 0 Å². The third kappa shape index (κ3) is 2.31. The van der Waals surface area contributed by atoms with Crippen molar-refractivity contribution >= 4 is 44.9 Å². The van der Waals surface area contributed by atoms with E-state index >= 15 is 0 Å². The van der Waals surface area contributed by atoms with Gasteiger partial charge >= 0.3 is 0 Å². The maximum absolute atomic E-state index is 4.93. The number of nitrogens with zero attached hydrogens (tertiary/aromatic N) is 1. The monoisotopic (exact) mass is 320 g/mol. The average Bonchev–Trinajstić information content (AvgIpc) is 3.07. The molecule has 0 atom stereocenters. The van der Waals surface area contributed by atoms with Crippen molar-refractivity contribution in [2.75, 3.05) is 0 Å². The molecule has 0 radical (unpaired) electrons. The molecule has 0 spiro atoms. The third-order valence-corrected chi connectivity index (χ3v) is 4.61. The molecule has 0 saturated heterocycles. The lowest BCUT2D eigenvalue weighted by Crippen LogP contribution is -1.86. The molecule has 5 aromatic rings. The van der Waals surface area contributed by atoms with Crippen molar-refractivity contribution in [1.29, 1.82) is 0 Å². The molecule has 0 fully saturated rings. The topological polar surface area (TPSA) is 28.7 Å². The number of aromatic nitrogens is 2. The van der Waals surface area contributed by atoms with Crippen LogP contribution in [-0.4, -0.2) is 9.97 Å². The van der Waals surface area contributed by atoms with Crippen molar-refractivity contribution < 1.29 is 0 Å². The Kier molecular flexibility index (Phi) is 3.14. The minimum Gasteiger partial charge on any atom is -0.354 e. The maximum atomic E-state index is 4.93.